The molecule has 21 heavy (non-hydrogen) atoms. The van der Waals surface area contributed by atoms with Gasteiger partial charge in [0.05, 0.1) is 5.56 Å². The Bertz CT molecular complexity index is 549. The number of rotatable bonds is 2. The largest absolute Gasteiger partial charge is 0.458 e. The molecule has 0 saturated carbocycles. The van der Waals surface area contributed by atoms with Crippen molar-refractivity contribution < 1.29 is 14.3 Å². The van der Waals surface area contributed by atoms with Gasteiger partial charge in [-0.3, -0.25) is 9.78 Å². The number of esters is 1. The zero-order valence-corrected chi connectivity index (χ0v) is 13.0. The third-order valence-electron chi connectivity index (χ3n) is 3.43. The van der Waals surface area contributed by atoms with E-state index in [9.17, 15) is 9.59 Å². The first-order valence-electron chi connectivity index (χ1n) is 7.25. The fourth-order valence-corrected chi connectivity index (χ4v) is 2.49. The van der Waals surface area contributed by atoms with Gasteiger partial charge in [0.2, 0.25) is 0 Å². The molecule has 0 N–H and O–H groups in total. The number of hydrogen-bond donors (Lipinski definition) is 0. The molecule has 0 aliphatic carbocycles. The maximum absolute atomic E-state index is 12.6. The monoisotopic (exact) mass is 290 g/mol. The van der Waals surface area contributed by atoms with E-state index < -0.39 is 11.6 Å². The van der Waals surface area contributed by atoms with Crippen molar-refractivity contribution in [3.05, 3.63) is 29.6 Å². The molecule has 5 nitrogen and oxygen atoms in total. The first-order valence-corrected chi connectivity index (χ1v) is 7.25. The first kappa shape index (κ1) is 15.5. The molecule has 1 fully saturated rings. The van der Waals surface area contributed by atoms with Gasteiger partial charge in [0.25, 0.3) is 5.91 Å². The Hall–Kier alpha value is -1.91. The van der Waals surface area contributed by atoms with E-state index in [-0.39, 0.29) is 11.9 Å². The maximum Gasteiger partial charge on any atom is 0.329 e. The Morgan fingerprint density at radius 3 is 2.71 bits per heavy atom. The number of pyridine rings is 1. The molecule has 1 atom stereocenters. The lowest BCUT2D eigenvalue weighted by Gasteiger charge is -2.27. The van der Waals surface area contributed by atoms with Crippen LogP contribution in [-0.4, -0.2) is 39.9 Å². The van der Waals surface area contributed by atoms with Crippen LogP contribution in [0.3, 0.4) is 0 Å². The number of aromatic nitrogens is 1. The second-order valence-electron chi connectivity index (χ2n) is 6.33. The minimum atomic E-state index is -0.543. The molecule has 0 spiro atoms. The second kappa shape index (κ2) is 5.84. The van der Waals surface area contributed by atoms with Crippen LogP contribution in [0.25, 0.3) is 0 Å². The summed E-state index contributed by atoms with van der Waals surface area (Å²) in [5.74, 6) is -0.469. The molecule has 114 valence electrons. The number of ether oxygens (including phenoxy) is 1. The highest BCUT2D eigenvalue weighted by Crippen LogP contribution is 2.23. The van der Waals surface area contributed by atoms with E-state index in [1.807, 2.05) is 20.8 Å². The SMILES string of the molecule is Cc1ncccc1C(=O)N1CCC[C@@H]1C(=O)OC(C)(C)C. The van der Waals surface area contributed by atoms with Gasteiger partial charge < -0.3 is 9.64 Å². The summed E-state index contributed by atoms with van der Waals surface area (Å²) in [6.45, 7) is 7.87. The Labute approximate surface area is 125 Å². The van der Waals surface area contributed by atoms with Crippen molar-refractivity contribution in [2.45, 2.75) is 52.2 Å². The van der Waals surface area contributed by atoms with Crippen LogP contribution < -0.4 is 0 Å². The van der Waals surface area contributed by atoms with Crippen molar-refractivity contribution in [2.24, 2.45) is 0 Å². The average molecular weight is 290 g/mol. The Morgan fingerprint density at radius 1 is 1.38 bits per heavy atom. The van der Waals surface area contributed by atoms with Crippen molar-refractivity contribution in [1.29, 1.82) is 0 Å². The van der Waals surface area contributed by atoms with Crippen LogP contribution >= 0.6 is 0 Å². The zero-order chi connectivity index (χ0) is 15.6. The minimum absolute atomic E-state index is 0.144. The molecule has 0 bridgehead atoms. The van der Waals surface area contributed by atoms with E-state index in [4.69, 9.17) is 4.74 Å². The average Bonchev–Trinajstić information content (AvgIpc) is 2.85. The topological polar surface area (TPSA) is 59.5 Å². The Morgan fingerprint density at radius 2 is 2.10 bits per heavy atom. The van der Waals surface area contributed by atoms with Crippen LogP contribution in [0.5, 0.6) is 0 Å². The van der Waals surface area contributed by atoms with Crippen LogP contribution in [0, 0.1) is 6.92 Å². The van der Waals surface area contributed by atoms with Gasteiger partial charge in [0.1, 0.15) is 11.6 Å². The van der Waals surface area contributed by atoms with E-state index in [0.29, 0.717) is 24.2 Å². The van der Waals surface area contributed by atoms with Crippen LogP contribution in [0.4, 0.5) is 0 Å². The molecule has 1 aliphatic rings. The van der Waals surface area contributed by atoms with E-state index >= 15 is 0 Å². The van der Waals surface area contributed by atoms with Gasteiger partial charge in [-0.1, -0.05) is 0 Å². The van der Waals surface area contributed by atoms with E-state index in [0.717, 1.165) is 6.42 Å². The molecular weight excluding hydrogens is 268 g/mol. The molecule has 1 saturated heterocycles. The highest BCUT2D eigenvalue weighted by atomic mass is 16.6. The molecule has 1 aromatic heterocycles. The number of likely N-dealkylation sites (tertiary alicyclic amines) is 1. The van der Waals surface area contributed by atoms with Crippen LogP contribution in [-0.2, 0) is 9.53 Å². The summed E-state index contributed by atoms with van der Waals surface area (Å²) in [6.07, 6.45) is 3.12. The zero-order valence-electron chi connectivity index (χ0n) is 13.0. The van der Waals surface area contributed by atoms with E-state index in [1.165, 1.54) is 0 Å². The lowest BCUT2D eigenvalue weighted by molar-refractivity contribution is -0.159. The van der Waals surface area contributed by atoms with Gasteiger partial charge in [-0.05, 0) is 52.7 Å². The Kier molecular flexibility index (Phi) is 4.30. The molecule has 1 aromatic rings. The highest BCUT2D eigenvalue weighted by Gasteiger charge is 2.37. The second-order valence-corrected chi connectivity index (χ2v) is 6.33. The maximum atomic E-state index is 12.6. The van der Waals surface area contributed by atoms with Gasteiger partial charge in [-0.15, -0.1) is 0 Å². The normalized spacial score (nSPS) is 18.7. The van der Waals surface area contributed by atoms with Crippen molar-refractivity contribution in [1.82, 2.24) is 9.88 Å². The molecule has 1 amide bonds. The predicted octanol–water partition coefficient (Wildman–Crippen LogP) is 2.34. The number of carbonyl (C=O) groups is 2. The highest BCUT2D eigenvalue weighted by molar-refractivity contribution is 5.98. The van der Waals surface area contributed by atoms with Gasteiger partial charge in [0, 0.05) is 18.4 Å². The van der Waals surface area contributed by atoms with Crippen LogP contribution in [0.2, 0.25) is 0 Å². The molecule has 5 heteroatoms. The van der Waals surface area contributed by atoms with Crippen molar-refractivity contribution in [2.75, 3.05) is 6.54 Å². The first-order chi connectivity index (χ1) is 9.79. The lowest BCUT2D eigenvalue weighted by atomic mass is 10.1. The van der Waals surface area contributed by atoms with Crippen molar-refractivity contribution in [3.63, 3.8) is 0 Å². The van der Waals surface area contributed by atoms with Crippen LogP contribution in [0.1, 0.15) is 49.7 Å². The Balaban J connectivity index is 2.17. The number of nitrogens with zero attached hydrogens (tertiary/aromatic N) is 2. The molecule has 2 rings (SSSR count). The number of carbonyl (C=O) groups excluding carboxylic acids is 2. The van der Waals surface area contributed by atoms with Gasteiger partial charge in [-0.25, -0.2) is 4.79 Å². The van der Waals surface area contributed by atoms with Gasteiger partial charge in [0.15, 0.2) is 0 Å². The van der Waals surface area contributed by atoms with Crippen LogP contribution in [0.15, 0.2) is 18.3 Å². The number of aryl methyl sites for hydroxylation is 1. The van der Waals surface area contributed by atoms with Crippen molar-refractivity contribution >= 4 is 11.9 Å². The summed E-state index contributed by atoms with van der Waals surface area (Å²) in [5.41, 5.74) is 0.684. The predicted molar refractivity (Wildman–Crippen MR) is 78.9 cm³/mol. The standard InChI is InChI=1S/C16H22N2O3/c1-11-12(7-5-9-17-11)14(19)18-10-6-8-13(18)15(20)21-16(2,3)4/h5,7,9,13H,6,8,10H2,1-4H3/t13-/m1/s1. The minimum Gasteiger partial charge on any atom is -0.458 e. The van der Waals surface area contributed by atoms with E-state index in [2.05, 4.69) is 4.98 Å². The summed E-state index contributed by atoms with van der Waals surface area (Å²) in [6, 6.07) is 2.99. The summed E-state index contributed by atoms with van der Waals surface area (Å²) in [5, 5.41) is 0. The third kappa shape index (κ3) is 3.60. The lowest BCUT2D eigenvalue weighted by Crippen LogP contribution is -2.43. The number of amides is 1. The quantitative estimate of drug-likeness (QED) is 0.784. The smallest absolute Gasteiger partial charge is 0.329 e. The molecule has 2 heterocycles. The summed E-state index contributed by atoms with van der Waals surface area (Å²) < 4.78 is 5.42. The molecule has 0 radical (unpaired) electrons. The van der Waals surface area contributed by atoms with E-state index in [1.54, 1.807) is 30.2 Å². The van der Waals surface area contributed by atoms with Crippen molar-refractivity contribution in [3.8, 4) is 0 Å². The van der Waals surface area contributed by atoms with Gasteiger partial charge in [-0.2, -0.15) is 0 Å². The van der Waals surface area contributed by atoms with Gasteiger partial charge >= 0.3 is 5.97 Å². The number of hydrogen-bond acceptors (Lipinski definition) is 4. The molecule has 0 unspecified atom stereocenters. The fraction of sp³-hybridized carbons (Fsp3) is 0.562. The summed E-state index contributed by atoms with van der Waals surface area (Å²) in [7, 11) is 0. The summed E-state index contributed by atoms with van der Waals surface area (Å²) >= 11 is 0. The molecular formula is C16H22N2O3. The summed E-state index contributed by atoms with van der Waals surface area (Å²) in [4.78, 5) is 30.6. The third-order valence-corrected chi connectivity index (χ3v) is 3.43. The molecule has 0 aromatic carbocycles. The fourth-order valence-electron chi connectivity index (χ4n) is 2.49. The molecule has 1 aliphatic heterocycles.